The number of aromatic nitrogens is 2. The molecule has 0 saturated carbocycles. The predicted molar refractivity (Wildman–Crippen MR) is 101 cm³/mol. The van der Waals surface area contributed by atoms with E-state index >= 15 is 0 Å². The average molecular weight is 364 g/mol. The van der Waals surface area contributed by atoms with E-state index in [9.17, 15) is 4.79 Å². The van der Waals surface area contributed by atoms with Crippen LogP contribution in [0.15, 0.2) is 35.3 Å². The van der Waals surface area contributed by atoms with Crippen molar-refractivity contribution in [1.29, 1.82) is 0 Å². The number of nitrogens with zero attached hydrogens (tertiary/aromatic N) is 5. The zero-order valence-electron chi connectivity index (χ0n) is 14.4. The number of rotatable bonds is 2. The van der Waals surface area contributed by atoms with Crippen molar-refractivity contribution >= 4 is 30.1 Å². The van der Waals surface area contributed by atoms with E-state index in [1.54, 1.807) is 16.8 Å². The van der Waals surface area contributed by atoms with E-state index in [0.29, 0.717) is 12.4 Å². The van der Waals surface area contributed by atoms with Gasteiger partial charge in [0.25, 0.3) is 0 Å². The SMILES string of the molecule is CC[C@H]1CN2C(=O)N(C)c3nc(-c4ccccc4)n(C)c3C2=N1.Cl.O. The number of amides is 2. The van der Waals surface area contributed by atoms with Gasteiger partial charge in [-0.25, -0.2) is 9.78 Å². The first kappa shape index (κ1) is 19.0. The number of imidazole rings is 1. The first-order valence-electron chi connectivity index (χ1n) is 7.87. The van der Waals surface area contributed by atoms with Gasteiger partial charge >= 0.3 is 6.03 Å². The lowest BCUT2D eigenvalue weighted by atomic mass is 10.2. The van der Waals surface area contributed by atoms with Crippen molar-refractivity contribution in [3.8, 4) is 11.4 Å². The molecule has 1 atom stereocenters. The van der Waals surface area contributed by atoms with E-state index in [1.807, 2.05) is 41.9 Å². The molecule has 0 fully saturated rings. The number of fused-ring (bicyclic) bond motifs is 3. The highest BCUT2D eigenvalue weighted by Gasteiger charge is 2.41. The van der Waals surface area contributed by atoms with Crippen molar-refractivity contribution in [2.75, 3.05) is 18.5 Å². The number of anilines is 1. The van der Waals surface area contributed by atoms with Crippen LogP contribution in [0.5, 0.6) is 0 Å². The molecule has 25 heavy (non-hydrogen) atoms. The molecule has 0 aliphatic carbocycles. The Labute approximate surface area is 152 Å². The number of carbonyl (C=O) groups excluding carboxylic acids is 1. The second-order valence-corrected chi connectivity index (χ2v) is 6.00. The third-order valence-corrected chi connectivity index (χ3v) is 4.58. The molecule has 7 nitrogen and oxygen atoms in total. The van der Waals surface area contributed by atoms with E-state index in [4.69, 9.17) is 9.98 Å². The predicted octanol–water partition coefficient (Wildman–Crippen LogP) is 2.09. The largest absolute Gasteiger partial charge is 0.412 e. The maximum Gasteiger partial charge on any atom is 0.331 e. The van der Waals surface area contributed by atoms with Gasteiger partial charge in [-0.1, -0.05) is 37.3 Å². The van der Waals surface area contributed by atoms with E-state index in [0.717, 1.165) is 29.3 Å². The van der Waals surface area contributed by atoms with Gasteiger partial charge in [0.05, 0.1) is 12.6 Å². The summed E-state index contributed by atoms with van der Waals surface area (Å²) in [6, 6.07) is 10.1. The summed E-state index contributed by atoms with van der Waals surface area (Å²) in [5.41, 5.74) is 1.95. The highest BCUT2D eigenvalue weighted by molar-refractivity contribution is 6.18. The van der Waals surface area contributed by atoms with Gasteiger partial charge in [-0.2, -0.15) is 0 Å². The maximum absolute atomic E-state index is 12.6. The monoisotopic (exact) mass is 363 g/mol. The summed E-state index contributed by atoms with van der Waals surface area (Å²) >= 11 is 0. The van der Waals surface area contributed by atoms with Crippen LogP contribution in [0.4, 0.5) is 10.6 Å². The number of halogens is 1. The lowest BCUT2D eigenvalue weighted by Gasteiger charge is -2.30. The number of urea groups is 1. The number of benzene rings is 1. The van der Waals surface area contributed by atoms with Gasteiger partial charge in [0.2, 0.25) is 0 Å². The number of amidine groups is 1. The zero-order chi connectivity index (χ0) is 16.1. The van der Waals surface area contributed by atoms with Crippen molar-refractivity contribution in [2.24, 2.45) is 12.0 Å². The fourth-order valence-corrected chi connectivity index (χ4v) is 3.24. The van der Waals surface area contributed by atoms with E-state index < -0.39 is 0 Å². The van der Waals surface area contributed by atoms with Crippen LogP contribution >= 0.6 is 12.4 Å². The summed E-state index contributed by atoms with van der Waals surface area (Å²) < 4.78 is 2.04. The molecule has 0 bridgehead atoms. The molecule has 0 saturated heterocycles. The molecule has 0 spiro atoms. The molecule has 2 aromatic rings. The topological polar surface area (TPSA) is 85.2 Å². The molecule has 0 radical (unpaired) electrons. The lowest BCUT2D eigenvalue weighted by Crippen LogP contribution is -2.49. The fraction of sp³-hybridized carbons (Fsp3) is 0.353. The lowest BCUT2D eigenvalue weighted by molar-refractivity contribution is 0.228. The smallest absolute Gasteiger partial charge is 0.331 e. The summed E-state index contributed by atoms with van der Waals surface area (Å²) in [4.78, 5) is 25.5. The Morgan fingerprint density at radius 2 is 1.88 bits per heavy atom. The molecule has 1 aromatic carbocycles. The highest BCUT2D eigenvalue weighted by Crippen LogP contribution is 2.34. The number of carbonyl (C=O) groups is 1. The first-order chi connectivity index (χ1) is 11.1. The molecule has 3 heterocycles. The normalized spacial score (nSPS) is 18.1. The average Bonchev–Trinajstić information content (AvgIpc) is 3.15. The minimum absolute atomic E-state index is 0. The minimum atomic E-state index is -0.0510. The molecule has 2 aliphatic rings. The van der Waals surface area contributed by atoms with Crippen LogP contribution in [-0.4, -0.2) is 51.4 Å². The Morgan fingerprint density at radius 1 is 1.20 bits per heavy atom. The van der Waals surface area contributed by atoms with Gasteiger partial charge in [0, 0.05) is 19.7 Å². The van der Waals surface area contributed by atoms with Crippen molar-refractivity contribution in [3.63, 3.8) is 0 Å². The Morgan fingerprint density at radius 3 is 2.52 bits per heavy atom. The number of hydrogen-bond donors (Lipinski definition) is 0. The summed E-state index contributed by atoms with van der Waals surface area (Å²) in [5.74, 6) is 2.29. The van der Waals surface area contributed by atoms with Crippen LogP contribution in [0, 0.1) is 0 Å². The molecule has 1 aromatic heterocycles. The fourth-order valence-electron chi connectivity index (χ4n) is 3.24. The Kier molecular flexibility index (Phi) is 5.20. The molecular formula is C17H22ClN5O2. The second-order valence-electron chi connectivity index (χ2n) is 6.00. The van der Waals surface area contributed by atoms with Gasteiger partial charge in [0.1, 0.15) is 11.5 Å². The minimum Gasteiger partial charge on any atom is -0.412 e. The maximum atomic E-state index is 12.6. The van der Waals surface area contributed by atoms with E-state index in [2.05, 4.69) is 6.92 Å². The van der Waals surface area contributed by atoms with Crippen LogP contribution < -0.4 is 4.90 Å². The third-order valence-electron chi connectivity index (χ3n) is 4.58. The molecule has 0 unspecified atom stereocenters. The Hall–Kier alpha value is -2.38. The van der Waals surface area contributed by atoms with Crippen LogP contribution in [0.2, 0.25) is 0 Å². The van der Waals surface area contributed by atoms with Crippen molar-refractivity contribution < 1.29 is 10.3 Å². The number of hydrogen-bond acceptors (Lipinski definition) is 3. The van der Waals surface area contributed by atoms with Crippen LogP contribution in [0.3, 0.4) is 0 Å². The first-order valence-corrected chi connectivity index (χ1v) is 7.87. The van der Waals surface area contributed by atoms with E-state index in [1.165, 1.54) is 0 Å². The molecule has 2 aliphatic heterocycles. The van der Waals surface area contributed by atoms with Crippen molar-refractivity contribution in [2.45, 2.75) is 19.4 Å². The van der Waals surface area contributed by atoms with Crippen LogP contribution in [-0.2, 0) is 7.05 Å². The van der Waals surface area contributed by atoms with Gasteiger partial charge in [-0.3, -0.25) is 14.8 Å². The Bertz CT molecular complexity index is 818. The Balaban J connectivity index is 0.00000113. The van der Waals surface area contributed by atoms with E-state index in [-0.39, 0.29) is 30.0 Å². The summed E-state index contributed by atoms with van der Waals surface area (Å²) in [6.45, 7) is 2.75. The summed E-state index contributed by atoms with van der Waals surface area (Å²) in [5, 5.41) is 0. The molecular weight excluding hydrogens is 342 g/mol. The molecule has 8 heteroatoms. The number of aliphatic imine (C=N–C) groups is 1. The standard InChI is InChI=1S/C17H19N5O.ClH.H2O/c1-4-12-10-22-16(18-12)13-15(21(3)17(22)23)19-14(20(13)2)11-8-6-5-7-9-11;;/h5-9,12H,4,10H2,1-3H3;1H;1H2/t12-;;/m0../s1. The van der Waals surface area contributed by atoms with Crippen molar-refractivity contribution in [1.82, 2.24) is 14.5 Å². The van der Waals surface area contributed by atoms with Crippen LogP contribution in [0.25, 0.3) is 11.4 Å². The van der Waals surface area contributed by atoms with Crippen LogP contribution in [0.1, 0.15) is 19.0 Å². The molecule has 2 amide bonds. The quantitative estimate of drug-likeness (QED) is 0.818. The second kappa shape index (κ2) is 6.85. The van der Waals surface area contributed by atoms with Gasteiger partial charge in [-0.15, -0.1) is 12.4 Å². The van der Waals surface area contributed by atoms with Gasteiger partial charge < -0.3 is 10.0 Å². The summed E-state index contributed by atoms with van der Waals surface area (Å²) in [6.07, 6.45) is 0.926. The molecule has 4 rings (SSSR count). The summed E-state index contributed by atoms with van der Waals surface area (Å²) in [7, 11) is 3.76. The molecule has 134 valence electrons. The van der Waals surface area contributed by atoms with Gasteiger partial charge in [0.15, 0.2) is 11.7 Å². The zero-order valence-corrected chi connectivity index (χ0v) is 15.2. The van der Waals surface area contributed by atoms with Gasteiger partial charge in [-0.05, 0) is 6.42 Å². The van der Waals surface area contributed by atoms with Crippen molar-refractivity contribution in [3.05, 3.63) is 36.0 Å². The highest BCUT2D eigenvalue weighted by atomic mass is 35.5. The molecule has 2 N–H and O–H groups in total. The third kappa shape index (κ3) is 2.69.